The second-order valence-electron chi connectivity index (χ2n) is 19.2. The maximum absolute atomic E-state index is 13.5. The number of nitrogens with one attached hydrogen (secondary N) is 1. The number of ether oxygens (including phenoxy) is 1. The van der Waals surface area contributed by atoms with Crippen LogP contribution in [-0.2, 0) is 14.8 Å². The van der Waals surface area contributed by atoms with E-state index in [1.54, 1.807) is 5.57 Å². The van der Waals surface area contributed by atoms with Crippen molar-refractivity contribution in [1.29, 1.82) is 0 Å². The number of sulfonamides is 1. The zero-order valence-electron chi connectivity index (χ0n) is 36.7. The fourth-order valence-corrected chi connectivity index (χ4v) is 11.8. The van der Waals surface area contributed by atoms with Crippen molar-refractivity contribution in [2.24, 2.45) is 47.3 Å². The average molecular weight is 796 g/mol. The van der Waals surface area contributed by atoms with E-state index in [9.17, 15) is 18.0 Å². The first-order valence-electron chi connectivity index (χ1n) is 23.4. The summed E-state index contributed by atoms with van der Waals surface area (Å²) in [5.41, 5.74) is 1.92. The summed E-state index contributed by atoms with van der Waals surface area (Å²) >= 11 is 0. The van der Waals surface area contributed by atoms with Crippen LogP contribution < -0.4 is 4.72 Å². The number of cyclic esters (lactones) is 2. The van der Waals surface area contributed by atoms with Gasteiger partial charge in [0.15, 0.2) is 0 Å². The lowest BCUT2D eigenvalue weighted by Gasteiger charge is -2.33. The fourth-order valence-electron chi connectivity index (χ4n) is 10.5. The number of allylic oxidation sites excluding steroid dienone is 2. The molecule has 0 amide bonds. The molecule has 1 aromatic carbocycles. The van der Waals surface area contributed by atoms with Gasteiger partial charge in [-0.1, -0.05) is 162 Å². The van der Waals surface area contributed by atoms with Crippen molar-refractivity contribution < 1.29 is 22.7 Å². The Morgan fingerprint density at radius 1 is 0.696 bits per heavy atom. The van der Waals surface area contributed by atoms with Crippen LogP contribution in [0.4, 0.5) is 0 Å². The quantitative estimate of drug-likeness (QED) is 0.0377. The summed E-state index contributed by atoms with van der Waals surface area (Å²) in [6.07, 6.45) is 31.2. The lowest BCUT2D eigenvalue weighted by atomic mass is 9.72. The van der Waals surface area contributed by atoms with E-state index in [0.717, 1.165) is 86.9 Å². The van der Waals surface area contributed by atoms with Crippen LogP contribution in [0.3, 0.4) is 0 Å². The normalized spacial score (nSPS) is 23.5. The maximum atomic E-state index is 13.5. The lowest BCUT2D eigenvalue weighted by Crippen LogP contribution is -2.35. The Balaban J connectivity index is 1.17. The zero-order chi connectivity index (χ0) is 40.7. The summed E-state index contributed by atoms with van der Waals surface area (Å²) in [7, 11) is -3.86. The number of hydrogen-bond acceptors (Lipinski definition) is 5. The Morgan fingerprint density at radius 2 is 1.25 bits per heavy atom. The summed E-state index contributed by atoms with van der Waals surface area (Å²) in [6, 6.07) is 3.91. The zero-order valence-corrected chi connectivity index (χ0v) is 37.5. The number of esters is 2. The molecule has 1 aliphatic heterocycles. The first-order chi connectivity index (χ1) is 26.8. The number of fused-ring (bicyclic) bond motifs is 3. The third kappa shape index (κ3) is 14.4. The molecule has 7 heteroatoms. The fraction of sp³-hybridized carbons (Fsp3) is 0.796. The highest BCUT2D eigenvalue weighted by atomic mass is 32.2. The average Bonchev–Trinajstić information content (AvgIpc) is 3.83. The monoisotopic (exact) mass is 796 g/mol. The van der Waals surface area contributed by atoms with Crippen molar-refractivity contribution in [1.82, 2.24) is 4.72 Å². The molecule has 56 heavy (non-hydrogen) atoms. The number of rotatable bonds is 29. The Hall–Kier alpha value is -1.99. The molecule has 0 spiro atoms. The van der Waals surface area contributed by atoms with Crippen LogP contribution in [0.1, 0.15) is 217 Å². The first kappa shape index (κ1) is 46.7. The molecule has 1 aromatic rings. The minimum absolute atomic E-state index is 0.00747. The summed E-state index contributed by atoms with van der Waals surface area (Å²) < 4.78 is 34.6. The van der Waals surface area contributed by atoms with Gasteiger partial charge < -0.3 is 4.74 Å². The minimum atomic E-state index is -3.86. The molecule has 4 rings (SSSR count). The van der Waals surface area contributed by atoms with Crippen LogP contribution >= 0.6 is 0 Å². The molecule has 8 unspecified atom stereocenters. The van der Waals surface area contributed by atoms with Crippen molar-refractivity contribution in [3.63, 3.8) is 0 Å². The summed E-state index contributed by atoms with van der Waals surface area (Å²) in [5, 5.41) is 0. The third-order valence-electron chi connectivity index (χ3n) is 14.2. The van der Waals surface area contributed by atoms with Crippen LogP contribution in [0.2, 0.25) is 0 Å². The summed E-state index contributed by atoms with van der Waals surface area (Å²) in [6.45, 7) is 16.3. The Kier molecular flexibility index (Phi) is 19.6. The van der Waals surface area contributed by atoms with Gasteiger partial charge in [0.25, 0.3) is 0 Å². The molecule has 6 nitrogen and oxygen atoms in total. The maximum Gasteiger partial charge on any atom is 0.346 e. The van der Waals surface area contributed by atoms with Crippen molar-refractivity contribution in [2.45, 2.75) is 207 Å². The molecule has 2 fully saturated rings. The van der Waals surface area contributed by atoms with Crippen molar-refractivity contribution in [3.8, 4) is 0 Å². The molecule has 2 bridgehead atoms. The van der Waals surface area contributed by atoms with E-state index in [0.29, 0.717) is 11.8 Å². The topological polar surface area (TPSA) is 89.5 Å². The van der Waals surface area contributed by atoms with Gasteiger partial charge >= 0.3 is 11.9 Å². The van der Waals surface area contributed by atoms with Crippen LogP contribution in [-0.4, -0.2) is 26.4 Å². The largest absolute Gasteiger partial charge is 0.386 e. The van der Waals surface area contributed by atoms with E-state index in [-0.39, 0.29) is 22.1 Å². The van der Waals surface area contributed by atoms with E-state index in [1.807, 2.05) is 0 Å². The van der Waals surface area contributed by atoms with E-state index < -0.39 is 22.0 Å². The molecule has 0 saturated heterocycles. The third-order valence-corrected chi connectivity index (χ3v) is 15.7. The predicted octanol–water partition coefficient (Wildman–Crippen LogP) is 13.6. The number of carbonyl (C=O) groups is 2. The Labute approximate surface area is 343 Å². The van der Waals surface area contributed by atoms with Crippen molar-refractivity contribution in [2.75, 3.05) is 0 Å². The van der Waals surface area contributed by atoms with Crippen LogP contribution in [0.5, 0.6) is 0 Å². The van der Waals surface area contributed by atoms with Gasteiger partial charge in [0.2, 0.25) is 10.0 Å². The highest BCUT2D eigenvalue weighted by Crippen LogP contribution is 2.58. The van der Waals surface area contributed by atoms with E-state index >= 15 is 0 Å². The molecular weight excluding hydrogens is 715 g/mol. The highest BCUT2D eigenvalue weighted by molar-refractivity contribution is 7.89. The molecule has 2 aliphatic carbocycles. The molecule has 2 saturated carbocycles. The molecule has 0 aromatic heterocycles. The van der Waals surface area contributed by atoms with Crippen LogP contribution in [0.25, 0.3) is 0 Å². The number of benzene rings is 1. The number of unbranched alkanes of at least 4 members (excludes halogenated alkanes) is 5. The SMILES string of the molecule is C/C=C1/CC2CC1C(CCCCCC(C)CCCC(C)C)C2CCCCC(C)CCCCC(CCCCC(C)CC)NS(=O)(=O)c1ccc2c(c1)C(=O)OC2=O. The standard InChI is InChI=1S/C49H81NO5S/c1-8-36(5)21-13-16-26-41(50-56(53,54)42-30-31-45-47(34-42)49(52)55-48(45)51)27-17-14-23-37(6)24-15-18-28-43-40-32-39(9-2)46(33-40)44(43)29-12-10-11-22-38(7)25-19-20-35(3)4/h9,30-31,34-38,40-41,43-44,46,50H,8,10-29,32-33H2,1-7H3/b39-9-. The van der Waals surface area contributed by atoms with Gasteiger partial charge in [-0.05, 0) is 111 Å². The van der Waals surface area contributed by atoms with Gasteiger partial charge in [-0.3, -0.25) is 0 Å². The number of carbonyl (C=O) groups excluding carboxylic acids is 2. The molecule has 318 valence electrons. The summed E-state index contributed by atoms with van der Waals surface area (Å²) in [5.74, 6) is 5.23. The minimum Gasteiger partial charge on any atom is -0.386 e. The van der Waals surface area contributed by atoms with Crippen molar-refractivity contribution in [3.05, 3.63) is 41.0 Å². The number of hydrogen-bond donors (Lipinski definition) is 1. The molecule has 1 N–H and O–H groups in total. The van der Waals surface area contributed by atoms with Crippen molar-refractivity contribution >= 4 is 22.0 Å². The summed E-state index contributed by atoms with van der Waals surface area (Å²) in [4.78, 5) is 24.0. The van der Waals surface area contributed by atoms with Gasteiger partial charge in [-0.25, -0.2) is 22.7 Å². The van der Waals surface area contributed by atoms with Gasteiger partial charge in [0, 0.05) is 6.04 Å². The van der Waals surface area contributed by atoms with E-state index in [2.05, 4.69) is 64.0 Å². The van der Waals surface area contributed by atoms with Gasteiger partial charge in [-0.15, -0.1) is 0 Å². The Morgan fingerprint density at radius 3 is 1.89 bits per heavy atom. The van der Waals surface area contributed by atoms with E-state index in [1.165, 1.54) is 115 Å². The van der Waals surface area contributed by atoms with Crippen LogP contribution in [0.15, 0.2) is 34.7 Å². The predicted molar refractivity (Wildman–Crippen MR) is 232 cm³/mol. The van der Waals surface area contributed by atoms with Gasteiger partial charge in [-0.2, -0.15) is 0 Å². The van der Waals surface area contributed by atoms with Gasteiger partial charge in [0.1, 0.15) is 0 Å². The smallest absolute Gasteiger partial charge is 0.346 e. The molecule has 8 atom stereocenters. The first-order valence-corrected chi connectivity index (χ1v) is 24.9. The Bertz CT molecular complexity index is 1500. The van der Waals surface area contributed by atoms with Crippen LogP contribution in [0, 0.1) is 47.3 Å². The van der Waals surface area contributed by atoms with E-state index in [4.69, 9.17) is 0 Å². The molecule has 0 radical (unpaired) electrons. The second kappa shape index (κ2) is 23.6. The lowest BCUT2D eigenvalue weighted by molar-refractivity contribution is 0.0443. The molecule has 1 heterocycles. The highest BCUT2D eigenvalue weighted by Gasteiger charge is 2.48. The second-order valence-corrected chi connectivity index (χ2v) is 21.0. The molecule has 3 aliphatic rings. The molecular formula is C49H81NO5S. The van der Waals surface area contributed by atoms with Gasteiger partial charge in [0.05, 0.1) is 16.0 Å².